The van der Waals surface area contributed by atoms with Crippen molar-refractivity contribution >= 4 is 17.2 Å². The van der Waals surface area contributed by atoms with E-state index in [9.17, 15) is 4.79 Å². The molecule has 0 aliphatic carbocycles. The zero-order chi connectivity index (χ0) is 16.4. The van der Waals surface area contributed by atoms with Gasteiger partial charge in [-0.15, -0.1) is 11.3 Å². The zero-order valence-corrected chi connectivity index (χ0v) is 14.0. The molecule has 1 atom stereocenters. The van der Waals surface area contributed by atoms with E-state index in [2.05, 4.69) is 15.6 Å². The van der Waals surface area contributed by atoms with Gasteiger partial charge < -0.3 is 20.1 Å². The summed E-state index contributed by atoms with van der Waals surface area (Å²) in [5, 5.41) is 9.23. The van der Waals surface area contributed by atoms with Gasteiger partial charge in [-0.2, -0.15) is 0 Å². The maximum atomic E-state index is 12.0. The van der Waals surface area contributed by atoms with E-state index < -0.39 is 0 Å². The second-order valence-electron chi connectivity index (χ2n) is 5.93. The molecule has 2 aromatic rings. The van der Waals surface area contributed by atoms with E-state index in [1.807, 2.05) is 23.6 Å². The quantitative estimate of drug-likeness (QED) is 0.890. The molecule has 1 amide bonds. The fourth-order valence-electron chi connectivity index (χ4n) is 2.91. The molecule has 1 fully saturated rings. The van der Waals surface area contributed by atoms with Crippen LogP contribution < -0.4 is 20.1 Å². The molecule has 2 N–H and O–H groups in total. The Balaban J connectivity index is 1.42. The lowest BCUT2D eigenvalue weighted by Crippen LogP contribution is -2.42. The SMILES string of the molecule is O=C1NCCCCC1NCc1csc(-c2ccc3c(c2)OCO3)n1. The number of amides is 1. The number of aromatic nitrogens is 1. The predicted molar refractivity (Wildman–Crippen MR) is 91.2 cm³/mol. The van der Waals surface area contributed by atoms with Crippen LogP contribution in [-0.4, -0.2) is 30.3 Å². The van der Waals surface area contributed by atoms with Crippen molar-refractivity contribution in [3.8, 4) is 22.1 Å². The molecule has 7 heteroatoms. The lowest BCUT2D eigenvalue weighted by molar-refractivity contribution is -0.122. The van der Waals surface area contributed by atoms with Gasteiger partial charge in [-0.3, -0.25) is 4.79 Å². The van der Waals surface area contributed by atoms with Crippen molar-refractivity contribution in [3.63, 3.8) is 0 Å². The first-order chi connectivity index (χ1) is 11.8. The fraction of sp³-hybridized carbons (Fsp3) is 0.412. The Morgan fingerprint density at radius 1 is 1.29 bits per heavy atom. The second-order valence-corrected chi connectivity index (χ2v) is 6.79. The minimum Gasteiger partial charge on any atom is -0.454 e. The summed E-state index contributed by atoms with van der Waals surface area (Å²) in [6.45, 7) is 1.65. The molecule has 6 nitrogen and oxygen atoms in total. The van der Waals surface area contributed by atoms with Crippen LogP contribution in [0.2, 0.25) is 0 Å². The number of hydrogen-bond donors (Lipinski definition) is 2. The van der Waals surface area contributed by atoms with Gasteiger partial charge in [0.25, 0.3) is 0 Å². The summed E-state index contributed by atoms with van der Waals surface area (Å²) in [5.74, 6) is 1.63. The molecule has 0 spiro atoms. The molecule has 3 heterocycles. The first kappa shape index (κ1) is 15.4. The number of hydrogen-bond acceptors (Lipinski definition) is 6. The Morgan fingerprint density at radius 3 is 3.17 bits per heavy atom. The van der Waals surface area contributed by atoms with Gasteiger partial charge >= 0.3 is 0 Å². The van der Waals surface area contributed by atoms with Gasteiger partial charge in [-0.1, -0.05) is 0 Å². The second kappa shape index (κ2) is 6.78. The average molecular weight is 345 g/mol. The van der Waals surface area contributed by atoms with Crippen molar-refractivity contribution in [2.75, 3.05) is 13.3 Å². The van der Waals surface area contributed by atoms with Crippen LogP contribution in [0, 0.1) is 0 Å². The summed E-state index contributed by atoms with van der Waals surface area (Å²) >= 11 is 1.59. The highest BCUT2D eigenvalue weighted by Gasteiger charge is 2.20. The summed E-state index contributed by atoms with van der Waals surface area (Å²) in [6.07, 6.45) is 3.00. The van der Waals surface area contributed by atoms with Crippen LogP contribution in [-0.2, 0) is 11.3 Å². The minimum atomic E-state index is -0.122. The van der Waals surface area contributed by atoms with Crippen molar-refractivity contribution in [3.05, 3.63) is 29.3 Å². The van der Waals surface area contributed by atoms with Crippen LogP contribution >= 0.6 is 11.3 Å². The molecule has 1 aromatic heterocycles. The maximum Gasteiger partial charge on any atom is 0.237 e. The minimum absolute atomic E-state index is 0.0960. The molecule has 0 saturated carbocycles. The molecule has 2 aliphatic heterocycles. The van der Waals surface area contributed by atoms with Crippen LogP contribution in [0.4, 0.5) is 0 Å². The lowest BCUT2D eigenvalue weighted by atomic mass is 10.1. The third-order valence-corrected chi connectivity index (χ3v) is 5.18. The van der Waals surface area contributed by atoms with Crippen molar-refractivity contribution in [2.45, 2.75) is 31.8 Å². The van der Waals surface area contributed by atoms with E-state index >= 15 is 0 Å². The number of nitrogens with one attached hydrogen (secondary N) is 2. The van der Waals surface area contributed by atoms with Crippen LogP contribution in [0.1, 0.15) is 25.0 Å². The van der Waals surface area contributed by atoms with Gasteiger partial charge in [-0.25, -0.2) is 4.98 Å². The molecule has 24 heavy (non-hydrogen) atoms. The van der Waals surface area contributed by atoms with E-state index in [-0.39, 0.29) is 18.7 Å². The molecule has 1 unspecified atom stereocenters. The van der Waals surface area contributed by atoms with Gasteiger partial charge in [-0.05, 0) is 37.5 Å². The van der Waals surface area contributed by atoms with E-state index in [1.165, 1.54) is 0 Å². The van der Waals surface area contributed by atoms with Crippen molar-refractivity contribution in [1.29, 1.82) is 0 Å². The van der Waals surface area contributed by atoms with Gasteiger partial charge in [0.05, 0.1) is 11.7 Å². The van der Waals surface area contributed by atoms with E-state index in [1.54, 1.807) is 11.3 Å². The fourth-order valence-corrected chi connectivity index (χ4v) is 3.73. The summed E-state index contributed by atoms with van der Waals surface area (Å²) in [5.41, 5.74) is 1.97. The van der Waals surface area contributed by atoms with Gasteiger partial charge in [0, 0.05) is 24.0 Å². The molecule has 2 aliphatic rings. The number of carbonyl (C=O) groups is 1. The van der Waals surface area contributed by atoms with Gasteiger partial charge in [0.1, 0.15) is 5.01 Å². The smallest absolute Gasteiger partial charge is 0.237 e. The topological polar surface area (TPSA) is 72.5 Å². The Labute approximate surface area is 144 Å². The molecular weight excluding hydrogens is 326 g/mol. The normalized spacial score (nSPS) is 19.8. The van der Waals surface area contributed by atoms with Gasteiger partial charge in [0.2, 0.25) is 12.7 Å². The largest absolute Gasteiger partial charge is 0.454 e. The number of ether oxygens (including phenoxy) is 2. The summed E-state index contributed by atoms with van der Waals surface area (Å²) in [7, 11) is 0. The van der Waals surface area contributed by atoms with Crippen LogP contribution in [0.15, 0.2) is 23.6 Å². The van der Waals surface area contributed by atoms with E-state index in [0.29, 0.717) is 6.54 Å². The highest BCUT2D eigenvalue weighted by molar-refractivity contribution is 7.13. The Hall–Kier alpha value is -2.12. The molecule has 4 rings (SSSR count). The first-order valence-corrected chi connectivity index (χ1v) is 9.03. The van der Waals surface area contributed by atoms with Crippen LogP contribution in [0.3, 0.4) is 0 Å². The highest BCUT2D eigenvalue weighted by Crippen LogP contribution is 2.36. The third-order valence-electron chi connectivity index (χ3n) is 4.24. The standard InChI is InChI=1S/C17H19N3O3S/c21-16-13(3-1-2-6-18-16)19-8-12-9-24-17(20-12)11-4-5-14-15(7-11)23-10-22-14/h4-5,7,9,13,19H,1-3,6,8,10H2,(H,18,21). The zero-order valence-electron chi connectivity index (χ0n) is 13.2. The number of thiazole rings is 1. The first-order valence-electron chi connectivity index (χ1n) is 8.15. The molecule has 1 aromatic carbocycles. The molecule has 1 saturated heterocycles. The molecule has 0 radical (unpaired) electrons. The molecule has 126 valence electrons. The number of carbonyl (C=O) groups excluding carboxylic acids is 1. The summed E-state index contributed by atoms with van der Waals surface area (Å²) in [6, 6.07) is 5.73. The Bertz CT molecular complexity index is 746. The molecular formula is C17H19N3O3S. The lowest BCUT2D eigenvalue weighted by Gasteiger charge is -2.13. The third kappa shape index (κ3) is 3.22. The highest BCUT2D eigenvalue weighted by atomic mass is 32.1. The predicted octanol–water partition coefficient (Wildman–Crippen LogP) is 2.30. The van der Waals surface area contributed by atoms with Crippen molar-refractivity contribution < 1.29 is 14.3 Å². The monoisotopic (exact) mass is 345 g/mol. The van der Waals surface area contributed by atoms with Crippen molar-refractivity contribution in [2.24, 2.45) is 0 Å². The van der Waals surface area contributed by atoms with Crippen LogP contribution in [0.5, 0.6) is 11.5 Å². The number of fused-ring (bicyclic) bond motifs is 1. The summed E-state index contributed by atoms with van der Waals surface area (Å²) in [4.78, 5) is 16.6. The number of benzene rings is 1. The molecule has 0 bridgehead atoms. The maximum absolute atomic E-state index is 12.0. The summed E-state index contributed by atoms with van der Waals surface area (Å²) < 4.78 is 10.7. The van der Waals surface area contributed by atoms with Crippen LogP contribution in [0.25, 0.3) is 10.6 Å². The van der Waals surface area contributed by atoms with E-state index in [4.69, 9.17) is 9.47 Å². The van der Waals surface area contributed by atoms with Gasteiger partial charge in [0.15, 0.2) is 11.5 Å². The Morgan fingerprint density at radius 2 is 2.21 bits per heavy atom. The average Bonchev–Trinajstić information content (AvgIpc) is 3.20. The Kier molecular flexibility index (Phi) is 4.36. The van der Waals surface area contributed by atoms with E-state index in [0.717, 1.165) is 53.6 Å². The number of nitrogens with zero attached hydrogens (tertiary/aromatic N) is 1. The number of rotatable bonds is 4. The van der Waals surface area contributed by atoms with Crippen molar-refractivity contribution in [1.82, 2.24) is 15.6 Å².